The standard InChI is InChI=1S/C14H20ClNO/c15-12-6-3-7-13(9-12)16-10-14(17)8-11-4-1-2-5-11/h3,6-7,9,11,14,16-17H,1-2,4-5,8,10H2. The van der Waals surface area contributed by atoms with Crippen molar-refractivity contribution in [2.45, 2.75) is 38.2 Å². The van der Waals surface area contributed by atoms with E-state index in [0.717, 1.165) is 23.0 Å². The zero-order valence-corrected chi connectivity index (χ0v) is 10.8. The highest BCUT2D eigenvalue weighted by Crippen LogP contribution is 2.28. The molecule has 0 radical (unpaired) electrons. The molecule has 1 aromatic rings. The molecule has 1 saturated carbocycles. The Hall–Kier alpha value is -0.730. The molecule has 2 nitrogen and oxygen atoms in total. The number of hydrogen-bond acceptors (Lipinski definition) is 2. The van der Waals surface area contributed by atoms with Crippen LogP contribution in [-0.4, -0.2) is 17.8 Å². The summed E-state index contributed by atoms with van der Waals surface area (Å²) >= 11 is 5.90. The van der Waals surface area contributed by atoms with Crippen LogP contribution >= 0.6 is 11.6 Å². The Kier molecular flexibility index (Phi) is 4.69. The van der Waals surface area contributed by atoms with E-state index in [1.54, 1.807) is 0 Å². The molecule has 1 atom stereocenters. The third kappa shape index (κ3) is 4.21. The maximum atomic E-state index is 9.94. The lowest BCUT2D eigenvalue weighted by Gasteiger charge is -2.16. The van der Waals surface area contributed by atoms with Gasteiger partial charge in [-0.2, -0.15) is 0 Å². The first-order valence-electron chi connectivity index (χ1n) is 6.41. The van der Waals surface area contributed by atoms with E-state index in [9.17, 15) is 5.11 Å². The highest BCUT2D eigenvalue weighted by atomic mass is 35.5. The molecule has 17 heavy (non-hydrogen) atoms. The Morgan fingerprint density at radius 1 is 1.35 bits per heavy atom. The molecule has 0 aromatic heterocycles. The van der Waals surface area contributed by atoms with Crippen LogP contribution in [0.2, 0.25) is 5.02 Å². The molecule has 0 heterocycles. The minimum absolute atomic E-state index is 0.253. The number of nitrogens with one attached hydrogen (secondary N) is 1. The van der Waals surface area contributed by atoms with Crippen LogP contribution < -0.4 is 5.32 Å². The van der Waals surface area contributed by atoms with Crippen LogP contribution in [0.4, 0.5) is 5.69 Å². The van der Waals surface area contributed by atoms with E-state index < -0.39 is 0 Å². The van der Waals surface area contributed by atoms with E-state index in [0.29, 0.717) is 6.54 Å². The predicted octanol–water partition coefficient (Wildman–Crippen LogP) is 3.69. The molecule has 1 fully saturated rings. The topological polar surface area (TPSA) is 32.3 Å². The van der Waals surface area contributed by atoms with Gasteiger partial charge in [0.25, 0.3) is 0 Å². The van der Waals surface area contributed by atoms with E-state index >= 15 is 0 Å². The van der Waals surface area contributed by atoms with Crippen molar-refractivity contribution in [2.75, 3.05) is 11.9 Å². The van der Waals surface area contributed by atoms with E-state index in [1.165, 1.54) is 25.7 Å². The molecule has 3 heteroatoms. The minimum atomic E-state index is -0.253. The Morgan fingerprint density at radius 3 is 2.82 bits per heavy atom. The van der Waals surface area contributed by atoms with Crippen molar-refractivity contribution in [1.29, 1.82) is 0 Å². The largest absolute Gasteiger partial charge is 0.391 e. The Bertz CT molecular complexity index is 350. The van der Waals surface area contributed by atoms with Gasteiger partial charge in [-0.3, -0.25) is 0 Å². The predicted molar refractivity (Wildman–Crippen MR) is 72.5 cm³/mol. The van der Waals surface area contributed by atoms with Gasteiger partial charge in [0, 0.05) is 17.3 Å². The maximum Gasteiger partial charge on any atom is 0.0715 e. The number of benzene rings is 1. The first-order chi connectivity index (χ1) is 8.24. The van der Waals surface area contributed by atoms with Crippen molar-refractivity contribution < 1.29 is 5.11 Å². The van der Waals surface area contributed by atoms with E-state index in [2.05, 4.69) is 5.32 Å². The summed E-state index contributed by atoms with van der Waals surface area (Å²) in [6.07, 6.45) is 5.91. The molecule has 0 spiro atoms. The Labute approximate surface area is 108 Å². The van der Waals surface area contributed by atoms with Crippen LogP contribution in [0.15, 0.2) is 24.3 Å². The van der Waals surface area contributed by atoms with Crippen molar-refractivity contribution in [3.8, 4) is 0 Å². The second kappa shape index (κ2) is 6.27. The fourth-order valence-corrected chi connectivity index (χ4v) is 2.74. The lowest BCUT2D eigenvalue weighted by atomic mass is 10.00. The minimum Gasteiger partial charge on any atom is -0.391 e. The third-order valence-corrected chi connectivity index (χ3v) is 3.68. The van der Waals surface area contributed by atoms with Crippen LogP contribution in [0.3, 0.4) is 0 Å². The fraction of sp³-hybridized carbons (Fsp3) is 0.571. The van der Waals surface area contributed by atoms with Gasteiger partial charge in [-0.1, -0.05) is 43.4 Å². The van der Waals surface area contributed by atoms with Gasteiger partial charge in [0.15, 0.2) is 0 Å². The molecule has 2 N–H and O–H groups in total. The highest BCUT2D eigenvalue weighted by molar-refractivity contribution is 6.30. The summed E-state index contributed by atoms with van der Waals surface area (Å²) in [5, 5.41) is 13.9. The molecule has 94 valence electrons. The van der Waals surface area contributed by atoms with Crippen molar-refractivity contribution in [1.82, 2.24) is 0 Å². The first kappa shape index (κ1) is 12.7. The van der Waals surface area contributed by atoms with Gasteiger partial charge in [0.2, 0.25) is 0 Å². The zero-order valence-electron chi connectivity index (χ0n) is 10.0. The molecule has 1 aliphatic carbocycles. The summed E-state index contributed by atoms with van der Waals surface area (Å²) in [5.41, 5.74) is 0.975. The number of halogens is 1. The molecular formula is C14H20ClNO. The molecule has 1 aromatic carbocycles. The van der Waals surface area contributed by atoms with Gasteiger partial charge in [0.1, 0.15) is 0 Å². The first-order valence-corrected chi connectivity index (χ1v) is 6.79. The number of rotatable bonds is 5. The summed E-state index contributed by atoms with van der Waals surface area (Å²) in [6.45, 7) is 0.608. The summed E-state index contributed by atoms with van der Waals surface area (Å²) < 4.78 is 0. The molecule has 2 rings (SSSR count). The average Bonchev–Trinajstić information content (AvgIpc) is 2.79. The molecule has 0 amide bonds. The van der Waals surface area contributed by atoms with Gasteiger partial charge >= 0.3 is 0 Å². The summed E-state index contributed by atoms with van der Waals surface area (Å²) in [4.78, 5) is 0. The molecular weight excluding hydrogens is 234 g/mol. The molecule has 0 aliphatic heterocycles. The monoisotopic (exact) mass is 253 g/mol. The van der Waals surface area contributed by atoms with Crippen LogP contribution in [0.1, 0.15) is 32.1 Å². The lowest BCUT2D eigenvalue weighted by molar-refractivity contribution is 0.155. The third-order valence-electron chi connectivity index (χ3n) is 3.45. The van der Waals surface area contributed by atoms with Crippen LogP contribution in [0.25, 0.3) is 0 Å². The van der Waals surface area contributed by atoms with Gasteiger partial charge in [0.05, 0.1) is 6.10 Å². The SMILES string of the molecule is OC(CNc1cccc(Cl)c1)CC1CCCC1. The number of aliphatic hydroxyl groups is 1. The van der Waals surface area contributed by atoms with Crippen molar-refractivity contribution in [3.05, 3.63) is 29.3 Å². The van der Waals surface area contributed by atoms with Crippen LogP contribution in [-0.2, 0) is 0 Å². The second-order valence-corrected chi connectivity index (χ2v) is 5.37. The maximum absolute atomic E-state index is 9.94. The fourth-order valence-electron chi connectivity index (χ4n) is 2.55. The second-order valence-electron chi connectivity index (χ2n) is 4.93. The van der Waals surface area contributed by atoms with E-state index in [-0.39, 0.29) is 6.10 Å². The molecule has 0 saturated heterocycles. The summed E-state index contributed by atoms with van der Waals surface area (Å²) in [6, 6.07) is 7.60. The van der Waals surface area contributed by atoms with Gasteiger partial charge in [-0.15, -0.1) is 0 Å². The zero-order chi connectivity index (χ0) is 12.1. The van der Waals surface area contributed by atoms with Gasteiger partial charge < -0.3 is 10.4 Å². The summed E-state index contributed by atoms with van der Waals surface area (Å²) in [5.74, 6) is 0.728. The van der Waals surface area contributed by atoms with Gasteiger partial charge in [-0.05, 0) is 30.5 Å². The molecule has 0 bridgehead atoms. The number of hydrogen-bond donors (Lipinski definition) is 2. The van der Waals surface area contributed by atoms with E-state index in [4.69, 9.17) is 11.6 Å². The smallest absolute Gasteiger partial charge is 0.0715 e. The van der Waals surface area contributed by atoms with E-state index in [1.807, 2.05) is 24.3 Å². The highest BCUT2D eigenvalue weighted by Gasteiger charge is 2.18. The molecule has 1 unspecified atom stereocenters. The van der Waals surface area contributed by atoms with Crippen molar-refractivity contribution in [3.63, 3.8) is 0 Å². The Balaban J connectivity index is 1.73. The van der Waals surface area contributed by atoms with Crippen molar-refractivity contribution >= 4 is 17.3 Å². The molecule has 1 aliphatic rings. The average molecular weight is 254 g/mol. The van der Waals surface area contributed by atoms with Crippen molar-refractivity contribution in [2.24, 2.45) is 5.92 Å². The van der Waals surface area contributed by atoms with Gasteiger partial charge in [-0.25, -0.2) is 0 Å². The normalized spacial score (nSPS) is 18.2. The summed E-state index contributed by atoms with van der Waals surface area (Å²) in [7, 11) is 0. The number of anilines is 1. The Morgan fingerprint density at radius 2 is 2.12 bits per heavy atom. The van der Waals surface area contributed by atoms with Crippen LogP contribution in [0, 0.1) is 5.92 Å². The quantitative estimate of drug-likeness (QED) is 0.839. The lowest BCUT2D eigenvalue weighted by Crippen LogP contribution is -2.21. The number of aliphatic hydroxyl groups excluding tert-OH is 1. The van der Waals surface area contributed by atoms with Crippen LogP contribution in [0.5, 0.6) is 0 Å².